The number of amides is 3. The van der Waals surface area contributed by atoms with Gasteiger partial charge in [-0.1, -0.05) is 19.1 Å². The van der Waals surface area contributed by atoms with Crippen molar-refractivity contribution in [2.45, 2.75) is 38.8 Å². The molecule has 0 spiro atoms. The van der Waals surface area contributed by atoms with Crippen LogP contribution in [0, 0.1) is 0 Å². The van der Waals surface area contributed by atoms with Gasteiger partial charge in [0, 0.05) is 36.2 Å². The number of hydrogen-bond donors (Lipinski definition) is 2. The summed E-state index contributed by atoms with van der Waals surface area (Å²) < 4.78 is 0. The van der Waals surface area contributed by atoms with E-state index >= 15 is 0 Å². The molecule has 24 heavy (non-hydrogen) atoms. The van der Waals surface area contributed by atoms with Gasteiger partial charge in [-0.3, -0.25) is 29.4 Å². The molecule has 2 rings (SSSR count). The number of carbonyl (C=O) groups excluding carboxylic acids is 4. The molecule has 1 aliphatic heterocycles. The highest BCUT2D eigenvalue weighted by Crippen LogP contribution is 2.23. The van der Waals surface area contributed by atoms with Gasteiger partial charge in [-0.15, -0.1) is 0 Å². The van der Waals surface area contributed by atoms with Gasteiger partial charge in [0.25, 0.3) is 0 Å². The third kappa shape index (κ3) is 4.05. The summed E-state index contributed by atoms with van der Waals surface area (Å²) in [4.78, 5) is 48.1. The summed E-state index contributed by atoms with van der Waals surface area (Å²) >= 11 is 0. The highest BCUT2D eigenvalue weighted by molar-refractivity contribution is 6.00. The van der Waals surface area contributed by atoms with E-state index in [1.54, 1.807) is 37.1 Å². The van der Waals surface area contributed by atoms with E-state index < -0.39 is 6.04 Å². The van der Waals surface area contributed by atoms with E-state index in [0.717, 1.165) is 6.29 Å². The van der Waals surface area contributed by atoms with Gasteiger partial charge < -0.3 is 5.32 Å². The lowest BCUT2D eigenvalue weighted by Gasteiger charge is -2.30. The first kappa shape index (κ1) is 17.8. The number of nitrogens with one attached hydrogen (secondary N) is 2. The van der Waals surface area contributed by atoms with Crippen molar-refractivity contribution in [2.75, 3.05) is 12.4 Å². The van der Waals surface area contributed by atoms with Gasteiger partial charge in [0.05, 0.1) is 6.04 Å². The Balaban J connectivity index is 2.23. The van der Waals surface area contributed by atoms with Crippen molar-refractivity contribution in [3.05, 3.63) is 29.3 Å². The maximum Gasteiger partial charge on any atom is 0.243 e. The largest absolute Gasteiger partial charge is 0.326 e. The van der Waals surface area contributed by atoms with E-state index in [1.165, 1.54) is 0 Å². The number of rotatable bonds is 6. The smallest absolute Gasteiger partial charge is 0.243 e. The van der Waals surface area contributed by atoms with E-state index in [2.05, 4.69) is 10.6 Å². The number of nitrogens with zero attached hydrogens (tertiary/aromatic N) is 1. The minimum absolute atomic E-state index is 0.150. The Bertz CT molecular complexity index is 672. The molecule has 1 aliphatic rings. The van der Waals surface area contributed by atoms with Crippen LogP contribution in [0.25, 0.3) is 0 Å². The van der Waals surface area contributed by atoms with Crippen LogP contribution in [0.2, 0.25) is 0 Å². The number of carbonyl (C=O) groups is 4. The average Bonchev–Trinajstić information content (AvgIpc) is 2.55. The quantitative estimate of drug-likeness (QED) is 0.601. The predicted octanol–water partition coefficient (Wildman–Crippen LogP) is 1.08. The summed E-state index contributed by atoms with van der Waals surface area (Å²) in [6.07, 6.45) is 1.78. The third-order valence-corrected chi connectivity index (χ3v) is 4.08. The SMILES string of the molecule is CCC(=O)Nc1cccc(C=O)c1CN(C)C1CCC(=O)NC1=O. The molecule has 7 heteroatoms. The van der Waals surface area contributed by atoms with Crippen molar-refractivity contribution in [1.29, 1.82) is 0 Å². The summed E-state index contributed by atoms with van der Waals surface area (Å²) in [5, 5.41) is 5.10. The second kappa shape index (κ2) is 7.83. The predicted molar refractivity (Wildman–Crippen MR) is 88.4 cm³/mol. The maximum absolute atomic E-state index is 12.0. The van der Waals surface area contributed by atoms with Crippen LogP contribution in [0.3, 0.4) is 0 Å². The molecule has 0 saturated carbocycles. The second-order valence-corrected chi connectivity index (χ2v) is 5.77. The van der Waals surface area contributed by atoms with Gasteiger partial charge in [0.1, 0.15) is 6.29 Å². The summed E-state index contributed by atoms with van der Waals surface area (Å²) in [7, 11) is 1.76. The zero-order chi connectivity index (χ0) is 17.7. The molecule has 2 N–H and O–H groups in total. The average molecular weight is 331 g/mol. The van der Waals surface area contributed by atoms with Gasteiger partial charge in [-0.05, 0) is 19.5 Å². The molecule has 1 unspecified atom stereocenters. The van der Waals surface area contributed by atoms with E-state index in [1.807, 2.05) is 0 Å². The van der Waals surface area contributed by atoms with E-state index in [0.29, 0.717) is 36.2 Å². The number of hydrogen-bond acceptors (Lipinski definition) is 5. The number of imide groups is 1. The fourth-order valence-corrected chi connectivity index (χ4v) is 2.71. The molecule has 0 bridgehead atoms. The third-order valence-electron chi connectivity index (χ3n) is 4.08. The van der Waals surface area contributed by atoms with Gasteiger partial charge in [-0.2, -0.15) is 0 Å². The van der Waals surface area contributed by atoms with Crippen molar-refractivity contribution in [3.63, 3.8) is 0 Å². The van der Waals surface area contributed by atoms with Crippen LogP contribution in [0.15, 0.2) is 18.2 Å². The van der Waals surface area contributed by atoms with Crippen LogP contribution >= 0.6 is 0 Å². The molecule has 128 valence electrons. The molecule has 1 aromatic rings. The van der Waals surface area contributed by atoms with Crippen LogP contribution in [0.4, 0.5) is 5.69 Å². The van der Waals surface area contributed by atoms with Crippen molar-refractivity contribution >= 4 is 29.7 Å². The van der Waals surface area contributed by atoms with Crippen molar-refractivity contribution in [3.8, 4) is 0 Å². The van der Waals surface area contributed by atoms with E-state index in [4.69, 9.17) is 0 Å². The van der Waals surface area contributed by atoms with Crippen molar-refractivity contribution in [1.82, 2.24) is 10.2 Å². The fraction of sp³-hybridized carbons (Fsp3) is 0.412. The summed E-state index contributed by atoms with van der Waals surface area (Å²) in [6, 6.07) is 4.65. The summed E-state index contributed by atoms with van der Waals surface area (Å²) in [5.41, 5.74) is 1.68. The highest BCUT2D eigenvalue weighted by atomic mass is 16.2. The Morgan fingerprint density at radius 3 is 2.79 bits per heavy atom. The topological polar surface area (TPSA) is 95.6 Å². The Hall–Kier alpha value is -2.54. The lowest BCUT2D eigenvalue weighted by Crippen LogP contribution is -2.51. The zero-order valence-corrected chi connectivity index (χ0v) is 13.8. The molecule has 1 heterocycles. The first-order valence-corrected chi connectivity index (χ1v) is 7.87. The van der Waals surface area contributed by atoms with Crippen LogP contribution in [0.5, 0.6) is 0 Å². The van der Waals surface area contributed by atoms with Gasteiger partial charge >= 0.3 is 0 Å². The minimum atomic E-state index is -0.447. The van der Waals surface area contributed by atoms with Gasteiger partial charge in [-0.25, -0.2) is 0 Å². The number of piperidine rings is 1. The molecule has 0 radical (unpaired) electrons. The van der Waals surface area contributed by atoms with Crippen LogP contribution in [-0.4, -0.2) is 42.0 Å². The standard InChI is InChI=1S/C17H21N3O4/c1-3-15(22)18-13-6-4-5-11(10-21)12(13)9-20(2)14-7-8-16(23)19-17(14)24/h4-6,10,14H,3,7-9H2,1-2H3,(H,18,22)(H,19,23,24). The molecule has 7 nitrogen and oxygen atoms in total. The number of benzene rings is 1. The number of likely N-dealkylation sites (N-methyl/N-ethyl adjacent to an activating group) is 1. The van der Waals surface area contributed by atoms with E-state index in [-0.39, 0.29) is 24.1 Å². The lowest BCUT2D eigenvalue weighted by atomic mass is 10.0. The van der Waals surface area contributed by atoms with Crippen LogP contribution < -0.4 is 10.6 Å². The molecule has 1 aromatic carbocycles. The van der Waals surface area contributed by atoms with Crippen LogP contribution in [-0.2, 0) is 20.9 Å². The molecule has 1 saturated heterocycles. The van der Waals surface area contributed by atoms with E-state index in [9.17, 15) is 19.2 Å². The maximum atomic E-state index is 12.0. The number of aldehydes is 1. The number of anilines is 1. The molecule has 1 fully saturated rings. The summed E-state index contributed by atoms with van der Waals surface area (Å²) in [5.74, 6) is -0.756. The fourth-order valence-electron chi connectivity index (χ4n) is 2.71. The van der Waals surface area contributed by atoms with Gasteiger partial charge in [0.2, 0.25) is 17.7 Å². The molecular formula is C17H21N3O4. The second-order valence-electron chi connectivity index (χ2n) is 5.77. The van der Waals surface area contributed by atoms with Crippen molar-refractivity contribution < 1.29 is 19.2 Å². The molecule has 0 aromatic heterocycles. The highest BCUT2D eigenvalue weighted by Gasteiger charge is 2.30. The Morgan fingerprint density at radius 1 is 1.42 bits per heavy atom. The Kier molecular flexibility index (Phi) is 5.81. The molecular weight excluding hydrogens is 310 g/mol. The first-order valence-electron chi connectivity index (χ1n) is 7.87. The lowest BCUT2D eigenvalue weighted by molar-refractivity contribution is -0.137. The molecule has 0 aliphatic carbocycles. The Morgan fingerprint density at radius 2 is 2.17 bits per heavy atom. The monoisotopic (exact) mass is 331 g/mol. The normalized spacial score (nSPS) is 17.5. The molecule has 1 atom stereocenters. The van der Waals surface area contributed by atoms with Crippen LogP contribution in [0.1, 0.15) is 42.1 Å². The Labute approximate surface area is 140 Å². The summed E-state index contributed by atoms with van der Waals surface area (Å²) in [6.45, 7) is 2.05. The molecule has 3 amide bonds. The zero-order valence-electron chi connectivity index (χ0n) is 13.8. The van der Waals surface area contributed by atoms with Crippen molar-refractivity contribution in [2.24, 2.45) is 0 Å². The first-order chi connectivity index (χ1) is 11.5. The minimum Gasteiger partial charge on any atom is -0.326 e. The van der Waals surface area contributed by atoms with Gasteiger partial charge in [0.15, 0.2) is 0 Å².